The Kier molecular flexibility index (Phi) is 12.8. The second kappa shape index (κ2) is 9.14. The molecule has 0 N–H and O–H groups in total. The van der Waals surface area contributed by atoms with Crippen LogP contribution in [0.5, 0.6) is 0 Å². The van der Waals surface area contributed by atoms with Gasteiger partial charge in [-0.15, -0.1) is 0 Å². The summed E-state index contributed by atoms with van der Waals surface area (Å²) in [4.78, 5) is 9.44. The van der Waals surface area contributed by atoms with Crippen LogP contribution in [0.15, 0.2) is 0 Å². The van der Waals surface area contributed by atoms with Crippen molar-refractivity contribution in [3.63, 3.8) is 0 Å². The molecule has 0 aromatic rings. The van der Waals surface area contributed by atoms with E-state index in [0.717, 1.165) is 0 Å². The van der Waals surface area contributed by atoms with Gasteiger partial charge in [0.25, 0.3) is 0 Å². The number of hydrogen-bond acceptors (Lipinski definition) is 1. The normalized spacial score (nSPS) is 6.29. The van der Waals surface area contributed by atoms with Crippen molar-refractivity contribution in [2.45, 2.75) is 20.8 Å². The SMILES string of the molecule is CC(C)=O.CCF. The zero-order valence-electron chi connectivity index (χ0n) is 4.99. The highest BCUT2D eigenvalue weighted by molar-refractivity contribution is 5.72. The van der Waals surface area contributed by atoms with E-state index in [1.54, 1.807) is 0 Å². The van der Waals surface area contributed by atoms with Gasteiger partial charge < -0.3 is 4.79 Å². The lowest BCUT2D eigenvalue weighted by Crippen LogP contribution is -1.69. The van der Waals surface area contributed by atoms with E-state index in [1.165, 1.54) is 20.8 Å². The highest BCUT2D eigenvalue weighted by Gasteiger charge is 1.62. The van der Waals surface area contributed by atoms with E-state index in [1.807, 2.05) is 0 Å². The fourth-order valence-electron chi connectivity index (χ4n) is 0. The van der Waals surface area contributed by atoms with E-state index in [4.69, 9.17) is 0 Å². The molecule has 0 bridgehead atoms. The lowest BCUT2D eigenvalue weighted by atomic mass is 10.6. The summed E-state index contributed by atoms with van der Waals surface area (Å²) in [5, 5.41) is 0. The first kappa shape index (κ1) is 9.78. The summed E-state index contributed by atoms with van der Waals surface area (Å²) in [5.41, 5.74) is 0. The molecule has 0 unspecified atom stereocenters. The van der Waals surface area contributed by atoms with Crippen LogP contribution in [0.2, 0.25) is 0 Å². The van der Waals surface area contributed by atoms with E-state index in [2.05, 4.69) is 0 Å². The Morgan fingerprint density at radius 1 is 1.57 bits per heavy atom. The van der Waals surface area contributed by atoms with Crippen LogP contribution in [0.4, 0.5) is 4.39 Å². The molecule has 0 amide bonds. The van der Waals surface area contributed by atoms with Crippen molar-refractivity contribution >= 4 is 5.78 Å². The predicted molar refractivity (Wildman–Crippen MR) is 28.0 cm³/mol. The summed E-state index contributed by atoms with van der Waals surface area (Å²) >= 11 is 0. The maximum Gasteiger partial charge on any atom is 0.126 e. The molecule has 0 heterocycles. The summed E-state index contributed by atoms with van der Waals surface area (Å²) in [5.74, 6) is 0.167. The Bertz CT molecular complexity index is 39.3. The molecule has 0 aliphatic carbocycles. The Morgan fingerprint density at radius 2 is 1.57 bits per heavy atom. The van der Waals surface area contributed by atoms with Crippen molar-refractivity contribution in [3.05, 3.63) is 0 Å². The second-order valence-corrected chi connectivity index (χ2v) is 1.18. The fourth-order valence-corrected chi connectivity index (χ4v) is 0. The van der Waals surface area contributed by atoms with E-state index < -0.39 is 0 Å². The first-order chi connectivity index (χ1) is 3.15. The predicted octanol–water partition coefficient (Wildman–Crippen LogP) is 1.57. The van der Waals surface area contributed by atoms with Crippen molar-refractivity contribution < 1.29 is 9.18 Å². The lowest BCUT2D eigenvalue weighted by Gasteiger charge is -1.56. The molecule has 1 nitrogen and oxygen atoms in total. The van der Waals surface area contributed by atoms with Crippen molar-refractivity contribution in [1.29, 1.82) is 0 Å². The third kappa shape index (κ3) is 454. The molecular weight excluding hydrogens is 95.1 g/mol. The zero-order chi connectivity index (χ0) is 6.28. The summed E-state index contributed by atoms with van der Waals surface area (Å²) in [6.45, 7) is 4.26. The summed E-state index contributed by atoms with van der Waals surface area (Å²) < 4.78 is 10.3. The number of alkyl halides is 1. The smallest absolute Gasteiger partial charge is 0.126 e. The number of rotatable bonds is 0. The summed E-state index contributed by atoms with van der Waals surface area (Å²) in [6, 6.07) is 0. The van der Waals surface area contributed by atoms with Gasteiger partial charge in [0.2, 0.25) is 0 Å². The van der Waals surface area contributed by atoms with E-state index in [9.17, 15) is 9.18 Å². The number of carbonyl (C=O) groups is 1. The maximum absolute atomic E-state index is 10.3. The average molecular weight is 106 g/mol. The van der Waals surface area contributed by atoms with Crippen LogP contribution < -0.4 is 0 Å². The van der Waals surface area contributed by atoms with Crippen molar-refractivity contribution in [1.82, 2.24) is 0 Å². The highest BCUT2D eigenvalue weighted by atomic mass is 19.1. The Labute approximate surface area is 43.5 Å². The van der Waals surface area contributed by atoms with Crippen molar-refractivity contribution in [3.8, 4) is 0 Å². The minimum atomic E-state index is -0.250. The van der Waals surface area contributed by atoms with Gasteiger partial charge in [0.15, 0.2) is 0 Å². The molecule has 0 saturated heterocycles. The first-order valence-corrected chi connectivity index (χ1v) is 2.18. The van der Waals surface area contributed by atoms with Gasteiger partial charge in [-0.1, -0.05) is 0 Å². The standard InChI is InChI=1S/C3H6O.C2H5F/c1-3(2)4;1-2-3/h1-2H3;2H2,1H3. The van der Waals surface area contributed by atoms with E-state index in [0.29, 0.717) is 0 Å². The molecular formula is C5H11FO. The third-order valence-corrected chi connectivity index (χ3v) is 0. The summed E-state index contributed by atoms with van der Waals surface area (Å²) in [7, 11) is 0. The molecule has 0 fully saturated rings. The van der Waals surface area contributed by atoms with Crippen LogP contribution in [-0.4, -0.2) is 12.5 Å². The number of Topliss-reactive ketones (excluding diaryl/α,β-unsaturated/α-hetero) is 1. The second-order valence-electron chi connectivity index (χ2n) is 1.18. The number of carbonyl (C=O) groups excluding carboxylic acids is 1. The molecule has 0 aliphatic rings. The van der Waals surface area contributed by atoms with Crippen molar-refractivity contribution in [2.24, 2.45) is 0 Å². The monoisotopic (exact) mass is 106 g/mol. The number of halogens is 1. The van der Waals surface area contributed by atoms with Gasteiger partial charge in [0.05, 0.1) is 6.67 Å². The number of hydrogen-bond donors (Lipinski definition) is 0. The van der Waals surface area contributed by atoms with E-state index in [-0.39, 0.29) is 12.5 Å². The molecule has 0 aliphatic heterocycles. The molecule has 0 radical (unpaired) electrons. The van der Waals surface area contributed by atoms with Gasteiger partial charge >= 0.3 is 0 Å². The van der Waals surface area contributed by atoms with Crippen LogP contribution >= 0.6 is 0 Å². The molecule has 0 saturated carbocycles. The first-order valence-electron chi connectivity index (χ1n) is 2.18. The number of ketones is 1. The van der Waals surface area contributed by atoms with Gasteiger partial charge in [-0.05, 0) is 20.8 Å². The molecule has 0 rings (SSSR count). The van der Waals surface area contributed by atoms with Crippen LogP contribution in [0.1, 0.15) is 20.8 Å². The van der Waals surface area contributed by atoms with Gasteiger partial charge in [-0.3, -0.25) is 4.39 Å². The molecule has 0 spiro atoms. The molecule has 2 heteroatoms. The van der Waals surface area contributed by atoms with Gasteiger partial charge in [-0.2, -0.15) is 0 Å². The van der Waals surface area contributed by atoms with Crippen molar-refractivity contribution in [2.75, 3.05) is 6.67 Å². The molecule has 44 valence electrons. The van der Waals surface area contributed by atoms with Crippen LogP contribution in [0, 0.1) is 0 Å². The fraction of sp³-hybridized carbons (Fsp3) is 0.800. The quantitative estimate of drug-likeness (QED) is 0.458. The van der Waals surface area contributed by atoms with Crippen LogP contribution in [0.25, 0.3) is 0 Å². The highest BCUT2D eigenvalue weighted by Crippen LogP contribution is 1.50. The van der Waals surface area contributed by atoms with Gasteiger partial charge in [-0.25, -0.2) is 0 Å². The molecule has 7 heavy (non-hydrogen) atoms. The van der Waals surface area contributed by atoms with Gasteiger partial charge in [0, 0.05) is 0 Å². The zero-order valence-corrected chi connectivity index (χ0v) is 4.99. The molecule has 0 aromatic heterocycles. The third-order valence-electron chi connectivity index (χ3n) is 0. The van der Waals surface area contributed by atoms with Crippen LogP contribution in [-0.2, 0) is 4.79 Å². The van der Waals surface area contributed by atoms with Crippen LogP contribution in [0.3, 0.4) is 0 Å². The molecule has 0 atom stereocenters. The Morgan fingerprint density at radius 3 is 1.57 bits per heavy atom. The van der Waals surface area contributed by atoms with Gasteiger partial charge in [0.1, 0.15) is 5.78 Å². The topological polar surface area (TPSA) is 17.1 Å². The molecule has 0 aromatic carbocycles. The summed E-state index contributed by atoms with van der Waals surface area (Å²) in [6.07, 6.45) is 0. The minimum Gasteiger partial charge on any atom is -0.300 e. The Balaban J connectivity index is 0. The van der Waals surface area contributed by atoms with E-state index >= 15 is 0 Å². The minimum absolute atomic E-state index is 0.167. The average Bonchev–Trinajstić information content (AvgIpc) is 1.33. The lowest BCUT2D eigenvalue weighted by molar-refractivity contribution is -0.114. The largest absolute Gasteiger partial charge is 0.300 e. The maximum atomic E-state index is 10.3. The Hall–Kier alpha value is -0.400.